The summed E-state index contributed by atoms with van der Waals surface area (Å²) in [6.45, 7) is 4.99. The molecule has 0 saturated heterocycles. The minimum absolute atomic E-state index is 0.0180. The fraction of sp³-hybridized carbons (Fsp3) is 0.778. The van der Waals surface area contributed by atoms with Gasteiger partial charge in [0.15, 0.2) is 11.6 Å². The van der Waals surface area contributed by atoms with Crippen molar-refractivity contribution < 1.29 is 23.9 Å². The Balaban J connectivity index is 4.15. The number of carbonyl (C=O) groups excluding carboxylic acids is 4. The Morgan fingerprint density at radius 2 is 1.30 bits per heavy atom. The van der Waals surface area contributed by atoms with Crippen molar-refractivity contribution in [1.29, 1.82) is 0 Å². The van der Waals surface area contributed by atoms with Gasteiger partial charge in [-0.05, 0) is 19.8 Å². The molecule has 0 aliphatic carbocycles. The molecule has 0 amide bonds. The lowest BCUT2D eigenvalue weighted by Gasteiger charge is -2.14. The smallest absolute Gasteiger partial charge is 0.165 e. The molecular weight excluding hydrogens is 296 g/mol. The van der Waals surface area contributed by atoms with E-state index in [-0.39, 0.29) is 55.1 Å². The molecule has 23 heavy (non-hydrogen) atoms. The highest BCUT2D eigenvalue weighted by molar-refractivity contribution is 6.01. The van der Waals surface area contributed by atoms with E-state index in [9.17, 15) is 19.2 Å². The zero-order valence-corrected chi connectivity index (χ0v) is 14.7. The van der Waals surface area contributed by atoms with Crippen LogP contribution in [0.4, 0.5) is 0 Å². The van der Waals surface area contributed by atoms with Crippen LogP contribution < -0.4 is 0 Å². The van der Waals surface area contributed by atoms with Gasteiger partial charge in [-0.3, -0.25) is 19.2 Å². The van der Waals surface area contributed by atoms with Gasteiger partial charge < -0.3 is 4.74 Å². The molecule has 0 N–H and O–H groups in total. The number of Topliss-reactive ketones (excluding diaryl/α,β-unsaturated/α-hetero) is 4. The van der Waals surface area contributed by atoms with Crippen molar-refractivity contribution >= 4 is 23.1 Å². The van der Waals surface area contributed by atoms with Crippen molar-refractivity contribution in [3.05, 3.63) is 0 Å². The first-order chi connectivity index (χ1) is 10.9. The summed E-state index contributed by atoms with van der Waals surface area (Å²) in [4.78, 5) is 46.0. The molecule has 0 spiro atoms. The number of ether oxygens (including phenoxy) is 1. The van der Waals surface area contributed by atoms with Crippen LogP contribution in [0, 0.1) is 5.92 Å². The largest absolute Gasteiger partial charge is 0.366 e. The van der Waals surface area contributed by atoms with Crippen LogP contribution in [0.1, 0.15) is 72.1 Å². The van der Waals surface area contributed by atoms with Gasteiger partial charge >= 0.3 is 0 Å². The van der Waals surface area contributed by atoms with Gasteiger partial charge in [-0.2, -0.15) is 0 Å². The molecule has 0 fully saturated rings. The minimum atomic E-state index is -0.347. The summed E-state index contributed by atoms with van der Waals surface area (Å²) in [6, 6.07) is 0. The maximum Gasteiger partial charge on any atom is 0.165 e. The highest BCUT2D eigenvalue weighted by atomic mass is 16.5. The average molecular weight is 326 g/mol. The quantitative estimate of drug-likeness (QED) is 0.432. The highest BCUT2D eigenvalue weighted by Gasteiger charge is 2.20. The van der Waals surface area contributed by atoms with Crippen LogP contribution >= 0.6 is 0 Å². The SMILES string of the molecule is CCCCC(CCCC)C(=O)CC(=O)COCC(=O)CC(C)=O. The molecule has 5 heteroatoms. The summed E-state index contributed by atoms with van der Waals surface area (Å²) in [5.41, 5.74) is 0. The van der Waals surface area contributed by atoms with Crippen molar-refractivity contribution in [2.45, 2.75) is 72.1 Å². The summed E-state index contributed by atoms with van der Waals surface area (Å²) in [5.74, 6) is -0.937. The average Bonchev–Trinajstić information content (AvgIpc) is 2.46. The third-order valence-electron chi connectivity index (χ3n) is 3.61. The van der Waals surface area contributed by atoms with Crippen molar-refractivity contribution in [2.24, 2.45) is 5.92 Å². The number of hydrogen-bond donors (Lipinski definition) is 0. The molecular formula is C18H30O5. The number of carbonyl (C=O) groups is 4. The second-order valence-electron chi connectivity index (χ2n) is 6.07. The number of rotatable bonds is 15. The van der Waals surface area contributed by atoms with Gasteiger partial charge in [-0.1, -0.05) is 39.5 Å². The fourth-order valence-electron chi connectivity index (χ4n) is 2.36. The van der Waals surface area contributed by atoms with E-state index in [1.54, 1.807) is 0 Å². The first kappa shape index (κ1) is 21.6. The molecule has 0 aromatic heterocycles. The summed E-state index contributed by atoms with van der Waals surface area (Å²) in [7, 11) is 0. The Morgan fingerprint density at radius 1 is 0.826 bits per heavy atom. The van der Waals surface area contributed by atoms with Crippen molar-refractivity contribution in [1.82, 2.24) is 0 Å². The topological polar surface area (TPSA) is 77.5 Å². The van der Waals surface area contributed by atoms with Crippen LogP contribution in [0.5, 0.6) is 0 Å². The van der Waals surface area contributed by atoms with Crippen molar-refractivity contribution in [3.63, 3.8) is 0 Å². The first-order valence-corrected chi connectivity index (χ1v) is 8.53. The Hall–Kier alpha value is -1.36. The predicted molar refractivity (Wildman–Crippen MR) is 88.3 cm³/mol. The van der Waals surface area contributed by atoms with Gasteiger partial charge in [0.2, 0.25) is 0 Å². The Kier molecular flexibility index (Phi) is 12.3. The van der Waals surface area contributed by atoms with Gasteiger partial charge in [0.1, 0.15) is 24.8 Å². The number of hydrogen-bond acceptors (Lipinski definition) is 5. The Morgan fingerprint density at radius 3 is 1.74 bits per heavy atom. The van der Waals surface area contributed by atoms with Gasteiger partial charge in [0.25, 0.3) is 0 Å². The third-order valence-corrected chi connectivity index (χ3v) is 3.61. The molecule has 0 atom stereocenters. The molecule has 0 bridgehead atoms. The van der Waals surface area contributed by atoms with E-state index < -0.39 is 0 Å². The maximum absolute atomic E-state index is 12.2. The Labute approximate surface area is 139 Å². The molecule has 0 unspecified atom stereocenters. The molecule has 5 nitrogen and oxygen atoms in total. The highest BCUT2D eigenvalue weighted by Crippen LogP contribution is 2.18. The monoisotopic (exact) mass is 326 g/mol. The Bertz CT molecular complexity index is 392. The fourth-order valence-corrected chi connectivity index (χ4v) is 2.36. The van der Waals surface area contributed by atoms with Crippen LogP contribution in [0.15, 0.2) is 0 Å². The van der Waals surface area contributed by atoms with Crippen LogP contribution in [0.25, 0.3) is 0 Å². The summed E-state index contributed by atoms with van der Waals surface area (Å²) in [5, 5.41) is 0. The molecule has 0 radical (unpaired) electrons. The molecule has 0 saturated carbocycles. The van der Waals surface area contributed by atoms with Gasteiger partial charge in [-0.25, -0.2) is 0 Å². The van der Waals surface area contributed by atoms with Crippen molar-refractivity contribution in [3.8, 4) is 0 Å². The van der Waals surface area contributed by atoms with Gasteiger partial charge in [-0.15, -0.1) is 0 Å². The molecule has 0 heterocycles. The first-order valence-electron chi connectivity index (χ1n) is 8.53. The normalized spacial score (nSPS) is 10.8. The third kappa shape index (κ3) is 11.8. The van der Waals surface area contributed by atoms with Crippen LogP contribution in [-0.2, 0) is 23.9 Å². The second-order valence-corrected chi connectivity index (χ2v) is 6.07. The standard InChI is InChI=1S/C18H30O5/c1-4-6-8-15(9-7-5-2)18(22)11-17(21)13-23-12-16(20)10-14(3)19/h15H,4-13H2,1-3H3. The second kappa shape index (κ2) is 13.1. The van der Waals surface area contributed by atoms with Crippen LogP contribution in [0.2, 0.25) is 0 Å². The molecule has 0 rings (SSSR count). The summed E-state index contributed by atoms with van der Waals surface area (Å²) >= 11 is 0. The molecule has 0 aromatic rings. The number of ketones is 4. The van der Waals surface area contributed by atoms with E-state index in [1.807, 2.05) is 0 Å². The van der Waals surface area contributed by atoms with Gasteiger partial charge in [0.05, 0.1) is 12.8 Å². The summed E-state index contributed by atoms with van der Waals surface area (Å²) in [6.07, 6.45) is 5.41. The zero-order chi connectivity index (χ0) is 17.7. The lowest BCUT2D eigenvalue weighted by atomic mass is 9.90. The molecule has 0 aliphatic rings. The van der Waals surface area contributed by atoms with E-state index in [4.69, 9.17) is 4.74 Å². The zero-order valence-electron chi connectivity index (χ0n) is 14.7. The van der Waals surface area contributed by atoms with Gasteiger partial charge in [0, 0.05) is 5.92 Å². The minimum Gasteiger partial charge on any atom is -0.366 e. The van der Waals surface area contributed by atoms with E-state index in [2.05, 4.69) is 13.8 Å². The van der Waals surface area contributed by atoms with E-state index in [1.165, 1.54) is 6.92 Å². The summed E-state index contributed by atoms with van der Waals surface area (Å²) < 4.78 is 5.00. The van der Waals surface area contributed by atoms with E-state index >= 15 is 0 Å². The van der Waals surface area contributed by atoms with Crippen molar-refractivity contribution in [2.75, 3.05) is 13.2 Å². The van der Waals surface area contributed by atoms with Crippen LogP contribution in [0.3, 0.4) is 0 Å². The number of unbranched alkanes of at least 4 members (excludes halogenated alkanes) is 2. The molecule has 0 aliphatic heterocycles. The molecule has 132 valence electrons. The molecule has 0 aromatic carbocycles. The van der Waals surface area contributed by atoms with E-state index in [0.29, 0.717) is 0 Å². The predicted octanol–water partition coefficient (Wildman–Crippen LogP) is 3.08. The lowest BCUT2D eigenvalue weighted by Crippen LogP contribution is -2.22. The van der Waals surface area contributed by atoms with E-state index in [0.717, 1.165) is 38.5 Å². The maximum atomic E-state index is 12.2. The lowest BCUT2D eigenvalue weighted by molar-refractivity contribution is -0.133. The van der Waals surface area contributed by atoms with Crippen LogP contribution in [-0.4, -0.2) is 36.3 Å².